The van der Waals surface area contributed by atoms with Crippen molar-refractivity contribution in [3.8, 4) is 0 Å². The van der Waals surface area contributed by atoms with Gasteiger partial charge in [0.15, 0.2) is 0 Å². The number of imidazole rings is 1. The number of nitrogens with one attached hydrogen (secondary N) is 1. The van der Waals surface area contributed by atoms with Crippen molar-refractivity contribution in [2.45, 2.75) is 25.0 Å². The van der Waals surface area contributed by atoms with Crippen molar-refractivity contribution in [1.29, 1.82) is 0 Å². The maximum Gasteiger partial charge on any atom is 0.146 e. The molecule has 0 spiro atoms. The molecule has 1 N–H and O–H groups in total. The van der Waals surface area contributed by atoms with Gasteiger partial charge in [0.25, 0.3) is 0 Å². The van der Waals surface area contributed by atoms with Gasteiger partial charge in [0.05, 0.1) is 22.7 Å². The van der Waals surface area contributed by atoms with E-state index < -0.39 is 17.7 Å². The number of rotatable bonds is 4. The van der Waals surface area contributed by atoms with Gasteiger partial charge in [-0.1, -0.05) is 23.7 Å². The van der Waals surface area contributed by atoms with Gasteiger partial charge in [-0.25, -0.2) is 13.8 Å². The summed E-state index contributed by atoms with van der Waals surface area (Å²) >= 11 is 5.80. The highest BCUT2D eigenvalue weighted by atomic mass is 35.5. The molecule has 2 aromatic carbocycles. The summed E-state index contributed by atoms with van der Waals surface area (Å²) in [5.41, 5.74) is 1.34. The second-order valence-electron chi connectivity index (χ2n) is 6.94. The Hall–Kier alpha value is -2.02. The molecular weight excluding hydrogens is 372 g/mol. The lowest BCUT2D eigenvalue weighted by Crippen LogP contribution is -2.35. The summed E-state index contributed by atoms with van der Waals surface area (Å²) in [5.74, 6) is -1.09. The molecule has 4 rings (SSSR count). The topological polar surface area (TPSA) is 41.1 Å². The fraction of sp³-hybridized carbons (Fsp3) is 0.350. The van der Waals surface area contributed by atoms with E-state index in [0.29, 0.717) is 5.82 Å². The van der Waals surface area contributed by atoms with Gasteiger partial charge in [-0.2, -0.15) is 0 Å². The lowest BCUT2D eigenvalue weighted by molar-refractivity contribution is -0.0289. The number of aromatic nitrogens is 2. The number of aromatic amines is 1. The first-order chi connectivity index (χ1) is 13.0. The van der Waals surface area contributed by atoms with Gasteiger partial charge >= 0.3 is 0 Å². The number of para-hydroxylation sites is 2. The molecule has 7 heteroatoms. The molecule has 1 unspecified atom stereocenters. The molecule has 0 radical (unpaired) electrons. The smallest absolute Gasteiger partial charge is 0.146 e. The predicted molar refractivity (Wildman–Crippen MR) is 101 cm³/mol. The molecule has 3 aromatic rings. The molecule has 2 heterocycles. The molecule has 0 bridgehead atoms. The zero-order chi connectivity index (χ0) is 19.0. The second-order valence-corrected chi connectivity index (χ2v) is 7.38. The number of hydrogen-bond acceptors (Lipinski definition) is 3. The van der Waals surface area contributed by atoms with Crippen LogP contribution in [-0.4, -0.2) is 41.1 Å². The molecule has 1 aliphatic heterocycles. The number of hydrogen-bond donors (Lipinski definition) is 1. The highest BCUT2D eigenvalue weighted by molar-refractivity contribution is 6.30. The summed E-state index contributed by atoms with van der Waals surface area (Å²) in [6.45, 7) is 1.76. The average molecular weight is 392 g/mol. The maximum atomic E-state index is 14.7. The molecule has 0 saturated carbocycles. The van der Waals surface area contributed by atoms with Gasteiger partial charge in [0.1, 0.15) is 23.6 Å². The zero-order valence-electron chi connectivity index (χ0n) is 14.9. The minimum absolute atomic E-state index is 0.0106. The number of nitrogens with zero attached hydrogens (tertiary/aromatic N) is 2. The quantitative estimate of drug-likeness (QED) is 0.701. The number of likely N-dealkylation sites (tertiary alicyclic amines) is 1. The van der Waals surface area contributed by atoms with Crippen molar-refractivity contribution < 1.29 is 13.5 Å². The number of piperidine rings is 1. The van der Waals surface area contributed by atoms with E-state index >= 15 is 0 Å². The van der Waals surface area contributed by atoms with Gasteiger partial charge in [-0.05, 0) is 44.2 Å². The fourth-order valence-electron chi connectivity index (χ4n) is 3.48. The molecule has 1 saturated heterocycles. The fourth-order valence-corrected chi connectivity index (χ4v) is 3.67. The molecule has 1 atom stereocenters. The molecule has 0 aliphatic carbocycles. The second kappa shape index (κ2) is 7.54. The maximum absolute atomic E-state index is 14.7. The van der Waals surface area contributed by atoms with Crippen molar-refractivity contribution in [2.24, 2.45) is 0 Å². The minimum Gasteiger partial charge on any atom is -0.362 e. The third-order valence-electron chi connectivity index (χ3n) is 4.96. The van der Waals surface area contributed by atoms with Crippen LogP contribution in [-0.2, 0) is 4.74 Å². The Morgan fingerprint density at radius 3 is 2.52 bits per heavy atom. The van der Waals surface area contributed by atoms with E-state index in [2.05, 4.69) is 14.9 Å². The highest BCUT2D eigenvalue weighted by Gasteiger charge is 2.30. The summed E-state index contributed by atoms with van der Waals surface area (Å²) in [4.78, 5) is 9.87. The van der Waals surface area contributed by atoms with E-state index in [1.165, 1.54) is 0 Å². The Kier molecular flexibility index (Phi) is 5.12. The van der Waals surface area contributed by atoms with Gasteiger partial charge in [-0.15, -0.1) is 0 Å². The van der Waals surface area contributed by atoms with Crippen LogP contribution < -0.4 is 0 Å². The Bertz CT molecular complexity index is 897. The lowest BCUT2D eigenvalue weighted by atomic mass is 10.0. The zero-order valence-corrected chi connectivity index (χ0v) is 15.6. The van der Waals surface area contributed by atoms with E-state index in [0.717, 1.165) is 49.1 Å². The number of halogens is 3. The first-order valence-corrected chi connectivity index (χ1v) is 9.32. The monoisotopic (exact) mass is 391 g/mol. The van der Waals surface area contributed by atoms with Crippen molar-refractivity contribution in [3.05, 3.63) is 64.4 Å². The highest BCUT2D eigenvalue weighted by Crippen LogP contribution is 2.34. The van der Waals surface area contributed by atoms with Crippen LogP contribution in [0.5, 0.6) is 0 Å². The van der Waals surface area contributed by atoms with Crippen molar-refractivity contribution >= 4 is 22.6 Å². The minimum atomic E-state index is -0.969. The molecule has 1 aromatic heterocycles. The Labute approximate surface area is 161 Å². The first kappa shape index (κ1) is 18.3. The van der Waals surface area contributed by atoms with Crippen molar-refractivity contribution in [3.63, 3.8) is 0 Å². The van der Waals surface area contributed by atoms with Crippen LogP contribution in [0.15, 0.2) is 36.4 Å². The standard InChI is InChI=1S/C20H20ClF2N3O/c1-26-8-6-13(7-9-26)27-19(18-14(22)10-12(21)11-15(18)23)20-24-16-4-2-3-5-17(16)25-20/h2-5,10-11,13,19H,6-9H2,1H3,(H,24,25). The Morgan fingerprint density at radius 1 is 1.19 bits per heavy atom. The van der Waals surface area contributed by atoms with E-state index in [4.69, 9.17) is 16.3 Å². The Balaban J connectivity index is 1.75. The Morgan fingerprint density at radius 2 is 1.85 bits per heavy atom. The summed E-state index contributed by atoms with van der Waals surface area (Å²) in [7, 11) is 2.05. The van der Waals surface area contributed by atoms with Crippen LogP contribution in [0.1, 0.15) is 30.3 Å². The van der Waals surface area contributed by atoms with Crippen molar-refractivity contribution in [2.75, 3.05) is 20.1 Å². The van der Waals surface area contributed by atoms with Crippen LogP contribution >= 0.6 is 11.6 Å². The van der Waals surface area contributed by atoms with E-state index in [-0.39, 0.29) is 16.7 Å². The SMILES string of the molecule is CN1CCC(OC(c2nc3ccccc3[nH]2)c2c(F)cc(Cl)cc2F)CC1. The summed E-state index contributed by atoms with van der Waals surface area (Å²) < 4.78 is 35.5. The van der Waals surface area contributed by atoms with Crippen LogP contribution in [0.25, 0.3) is 11.0 Å². The summed E-state index contributed by atoms with van der Waals surface area (Å²) in [6, 6.07) is 9.66. The average Bonchev–Trinajstić information content (AvgIpc) is 3.05. The van der Waals surface area contributed by atoms with Crippen LogP contribution in [0.4, 0.5) is 8.78 Å². The normalized spacial score (nSPS) is 17.5. The van der Waals surface area contributed by atoms with Gasteiger partial charge in [-0.3, -0.25) is 0 Å². The first-order valence-electron chi connectivity index (χ1n) is 8.94. The van der Waals surface area contributed by atoms with Gasteiger partial charge < -0.3 is 14.6 Å². The predicted octanol–water partition coefficient (Wildman–Crippen LogP) is 4.69. The van der Waals surface area contributed by atoms with E-state index in [1.807, 2.05) is 31.3 Å². The summed E-state index contributed by atoms with van der Waals surface area (Å²) in [6.07, 6.45) is 0.519. The van der Waals surface area contributed by atoms with E-state index in [9.17, 15) is 8.78 Å². The number of benzene rings is 2. The molecule has 1 fully saturated rings. The number of H-pyrrole nitrogens is 1. The van der Waals surface area contributed by atoms with E-state index in [1.54, 1.807) is 0 Å². The third-order valence-corrected chi connectivity index (χ3v) is 5.17. The molecule has 4 nitrogen and oxygen atoms in total. The van der Waals surface area contributed by atoms with Gasteiger partial charge in [0, 0.05) is 18.1 Å². The third kappa shape index (κ3) is 3.83. The van der Waals surface area contributed by atoms with Crippen molar-refractivity contribution in [1.82, 2.24) is 14.9 Å². The molecule has 1 aliphatic rings. The lowest BCUT2D eigenvalue weighted by Gasteiger charge is -2.31. The number of fused-ring (bicyclic) bond motifs is 1. The molecule has 27 heavy (non-hydrogen) atoms. The van der Waals surface area contributed by atoms with Crippen LogP contribution in [0.3, 0.4) is 0 Å². The number of ether oxygens (including phenoxy) is 1. The van der Waals surface area contributed by atoms with Gasteiger partial charge in [0.2, 0.25) is 0 Å². The van der Waals surface area contributed by atoms with Crippen LogP contribution in [0.2, 0.25) is 5.02 Å². The molecule has 0 amide bonds. The largest absolute Gasteiger partial charge is 0.362 e. The molecular formula is C20H20ClF2N3O. The van der Waals surface area contributed by atoms with Crippen LogP contribution in [0, 0.1) is 11.6 Å². The summed E-state index contributed by atoms with van der Waals surface area (Å²) in [5, 5.41) is 0.0106. The molecule has 142 valence electrons.